The predicted molar refractivity (Wildman–Crippen MR) is 88.0 cm³/mol. The van der Waals surface area contributed by atoms with Crippen molar-refractivity contribution in [2.45, 2.75) is 20.3 Å². The molecule has 0 unspecified atom stereocenters. The van der Waals surface area contributed by atoms with Gasteiger partial charge in [-0.25, -0.2) is 9.07 Å². The molecule has 0 saturated heterocycles. The molecule has 0 aliphatic carbocycles. The number of hydrogen-bond acceptors (Lipinski definition) is 4. The number of para-hydroxylation sites is 1. The van der Waals surface area contributed by atoms with E-state index in [0.29, 0.717) is 31.9 Å². The molecule has 1 N–H and O–H groups in total. The first-order valence-corrected chi connectivity index (χ1v) is 7.76. The Morgan fingerprint density at radius 2 is 2.12 bits per heavy atom. The van der Waals surface area contributed by atoms with Gasteiger partial charge in [-0.05, 0) is 32.4 Å². The maximum Gasteiger partial charge on any atom is 0.275 e. The zero-order valence-electron chi connectivity index (χ0n) is 13.7. The number of nitrogens with zero attached hydrogens (tertiary/aromatic N) is 2. The lowest BCUT2D eigenvalue weighted by Gasteiger charge is -2.12. The van der Waals surface area contributed by atoms with E-state index in [2.05, 4.69) is 10.4 Å². The molecular formula is C17H20FN3O3. The highest BCUT2D eigenvalue weighted by Crippen LogP contribution is 2.12. The summed E-state index contributed by atoms with van der Waals surface area (Å²) in [7, 11) is 0. The van der Waals surface area contributed by atoms with Gasteiger partial charge in [-0.3, -0.25) is 9.59 Å². The quantitative estimate of drug-likeness (QED) is 0.785. The van der Waals surface area contributed by atoms with Gasteiger partial charge in [0.2, 0.25) is 5.43 Å². The molecule has 1 heterocycles. The van der Waals surface area contributed by atoms with E-state index in [0.717, 1.165) is 0 Å². The Kier molecular flexibility index (Phi) is 6.20. The van der Waals surface area contributed by atoms with Crippen LogP contribution in [0.15, 0.2) is 35.1 Å². The van der Waals surface area contributed by atoms with Crippen molar-refractivity contribution in [1.29, 1.82) is 0 Å². The van der Waals surface area contributed by atoms with E-state index in [4.69, 9.17) is 4.74 Å². The summed E-state index contributed by atoms with van der Waals surface area (Å²) < 4.78 is 20.4. The number of benzene rings is 1. The van der Waals surface area contributed by atoms with Crippen LogP contribution in [0.5, 0.6) is 0 Å². The molecule has 0 spiro atoms. The highest BCUT2D eigenvalue weighted by molar-refractivity contribution is 5.92. The number of amides is 1. The van der Waals surface area contributed by atoms with Gasteiger partial charge in [-0.2, -0.15) is 5.10 Å². The second kappa shape index (κ2) is 8.35. The van der Waals surface area contributed by atoms with Crippen LogP contribution in [0.1, 0.15) is 29.5 Å². The molecule has 0 aliphatic rings. The molecule has 24 heavy (non-hydrogen) atoms. The van der Waals surface area contributed by atoms with Crippen LogP contribution in [0.2, 0.25) is 0 Å². The van der Waals surface area contributed by atoms with Gasteiger partial charge >= 0.3 is 0 Å². The van der Waals surface area contributed by atoms with Crippen LogP contribution < -0.4 is 10.7 Å². The van der Waals surface area contributed by atoms with Gasteiger partial charge in [0.05, 0.1) is 0 Å². The molecule has 128 valence electrons. The van der Waals surface area contributed by atoms with E-state index in [1.54, 1.807) is 19.1 Å². The summed E-state index contributed by atoms with van der Waals surface area (Å²) in [5.74, 6) is -1.07. The van der Waals surface area contributed by atoms with Crippen LogP contribution in [0.3, 0.4) is 0 Å². The largest absolute Gasteiger partial charge is 0.382 e. The van der Waals surface area contributed by atoms with Gasteiger partial charge in [0.1, 0.15) is 11.5 Å². The van der Waals surface area contributed by atoms with E-state index >= 15 is 0 Å². The first-order chi connectivity index (χ1) is 11.5. The van der Waals surface area contributed by atoms with Crippen molar-refractivity contribution in [3.8, 4) is 5.69 Å². The minimum absolute atomic E-state index is 0.181. The second-order valence-electron chi connectivity index (χ2n) is 5.17. The second-order valence-corrected chi connectivity index (χ2v) is 5.17. The number of carbonyl (C=O) groups is 1. The lowest BCUT2D eigenvalue weighted by Crippen LogP contribution is -2.33. The Labute approximate surface area is 139 Å². The first-order valence-electron chi connectivity index (χ1n) is 7.76. The summed E-state index contributed by atoms with van der Waals surface area (Å²) >= 11 is 0. The van der Waals surface area contributed by atoms with Crippen LogP contribution in [-0.4, -0.2) is 35.4 Å². The van der Waals surface area contributed by atoms with E-state index in [9.17, 15) is 14.0 Å². The molecule has 1 aromatic carbocycles. The fourth-order valence-corrected chi connectivity index (χ4v) is 2.18. The third kappa shape index (κ3) is 4.26. The van der Waals surface area contributed by atoms with E-state index in [1.807, 2.05) is 6.92 Å². The zero-order chi connectivity index (χ0) is 17.5. The minimum Gasteiger partial charge on any atom is -0.382 e. The number of aromatic nitrogens is 2. The Morgan fingerprint density at radius 3 is 2.83 bits per heavy atom. The van der Waals surface area contributed by atoms with Gasteiger partial charge in [0.15, 0.2) is 5.69 Å². The molecular weight excluding hydrogens is 313 g/mol. The van der Waals surface area contributed by atoms with Gasteiger partial charge in [-0.1, -0.05) is 12.1 Å². The summed E-state index contributed by atoms with van der Waals surface area (Å²) in [6.45, 7) is 5.02. The lowest BCUT2D eigenvalue weighted by molar-refractivity contribution is 0.0936. The molecule has 0 aliphatic heterocycles. The number of ether oxygens (including phenoxy) is 1. The highest BCUT2D eigenvalue weighted by Gasteiger charge is 2.16. The Balaban J connectivity index is 2.22. The minimum atomic E-state index is -0.582. The molecule has 0 fully saturated rings. The van der Waals surface area contributed by atoms with Crippen LogP contribution in [0.4, 0.5) is 4.39 Å². The smallest absolute Gasteiger partial charge is 0.275 e. The third-order valence-corrected chi connectivity index (χ3v) is 3.36. The molecule has 2 aromatic rings. The monoisotopic (exact) mass is 333 g/mol. The average Bonchev–Trinajstić information content (AvgIpc) is 2.55. The summed E-state index contributed by atoms with van der Waals surface area (Å²) in [5.41, 5.74) is -0.138. The van der Waals surface area contributed by atoms with Gasteiger partial charge in [0.25, 0.3) is 5.91 Å². The van der Waals surface area contributed by atoms with Gasteiger partial charge in [0, 0.05) is 31.5 Å². The Morgan fingerprint density at radius 1 is 1.38 bits per heavy atom. The van der Waals surface area contributed by atoms with Crippen molar-refractivity contribution in [1.82, 2.24) is 15.1 Å². The van der Waals surface area contributed by atoms with Crippen molar-refractivity contribution >= 4 is 5.91 Å². The number of nitrogens with one attached hydrogen (secondary N) is 1. The Bertz CT molecular complexity index is 774. The maximum absolute atomic E-state index is 14.0. The number of carbonyl (C=O) groups excluding carboxylic acids is 1. The fraction of sp³-hybridized carbons (Fsp3) is 0.353. The highest BCUT2D eigenvalue weighted by atomic mass is 19.1. The van der Waals surface area contributed by atoms with E-state index in [-0.39, 0.29) is 11.4 Å². The number of halogens is 1. The summed E-state index contributed by atoms with van der Waals surface area (Å²) in [6.07, 6.45) is 0.632. The van der Waals surface area contributed by atoms with Crippen molar-refractivity contribution in [3.05, 3.63) is 57.8 Å². The standard InChI is InChI=1S/C17H20FN3O3/c1-3-24-10-6-9-19-17(23)16-15(22)11-12(2)21(20-16)14-8-5-4-7-13(14)18/h4-5,7-8,11H,3,6,9-10H2,1-2H3,(H,19,23). The summed E-state index contributed by atoms with van der Waals surface area (Å²) in [6, 6.07) is 7.31. The van der Waals surface area contributed by atoms with Gasteiger partial charge in [-0.15, -0.1) is 0 Å². The van der Waals surface area contributed by atoms with Crippen LogP contribution in [0, 0.1) is 12.7 Å². The fourth-order valence-electron chi connectivity index (χ4n) is 2.18. The molecule has 1 amide bonds. The van der Waals surface area contributed by atoms with E-state index in [1.165, 1.54) is 22.9 Å². The molecule has 1 aromatic heterocycles. The number of hydrogen-bond donors (Lipinski definition) is 1. The third-order valence-electron chi connectivity index (χ3n) is 3.36. The molecule has 0 saturated carbocycles. The SMILES string of the molecule is CCOCCCNC(=O)c1nn(-c2ccccc2F)c(C)cc1=O. The van der Waals surface area contributed by atoms with Crippen LogP contribution in [-0.2, 0) is 4.74 Å². The first kappa shape index (κ1) is 17.8. The zero-order valence-corrected chi connectivity index (χ0v) is 13.7. The van der Waals surface area contributed by atoms with Crippen molar-refractivity contribution in [2.75, 3.05) is 19.8 Å². The van der Waals surface area contributed by atoms with Crippen LogP contribution in [0.25, 0.3) is 5.69 Å². The molecule has 0 atom stereocenters. The molecule has 6 nitrogen and oxygen atoms in total. The maximum atomic E-state index is 14.0. The van der Waals surface area contributed by atoms with Crippen LogP contribution >= 0.6 is 0 Å². The lowest BCUT2D eigenvalue weighted by atomic mass is 10.2. The van der Waals surface area contributed by atoms with Gasteiger partial charge < -0.3 is 10.1 Å². The predicted octanol–water partition coefficient (Wildman–Crippen LogP) is 1.84. The summed E-state index contributed by atoms with van der Waals surface area (Å²) in [4.78, 5) is 24.2. The van der Waals surface area contributed by atoms with Crippen molar-refractivity contribution < 1.29 is 13.9 Å². The van der Waals surface area contributed by atoms with Crippen molar-refractivity contribution in [2.24, 2.45) is 0 Å². The molecule has 2 rings (SSSR count). The Hall–Kier alpha value is -2.54. The van der Waals surface area contributed by atoms with E-state index < -0.39 is 17.2 Å². The number of rotatable bonds is 7. The molecule has 0 bridgehead atoms. The summed E-state index contributed by atoms with van der Waals surface area (Å²) in [5, 5.41) is 6.66. The normalized spacial score (nSPS) is 10.6. The molecule has 7 heteroatoms. The molecule has 0 radical (unpaired) electrons. The number of aryl methyl sites for hydroxylation is 1. The topological polar surface area (TPSA) is 73.2 Å². The average molecular weight is 333 g/mol. The van der Waals surface area contributed by atoms with Crippen molar-refractivity contribution in [3.63, 3.8) is 0 Å².